The van der Waals surface area contributed by atoms with Gasteiger partial charge in [0.05, 0.1) is 0 Å². The first-order valence-corrected chi connectivity index (χ1v) is 2.68. The molecule has 25 heavy (non-hydrogen) atoms. The SMILES string of the molecule is O[Si](O)(O)O.[NaH].[NaH].[NaH].[NaH].[NaH].[NaH].[NaH].[NaH].[NaH].[NaH].[NaH].[NaH].[NaH].[NaH].[NaH].[NaH].[NaH].[NaH].[NaH].[NaH]. The number of hydrogen-bond acceptors (Lipinski definition) is 4. The van der Waals surface area contributed by atoms with Crippen LogP contribution in [0.5, 0.6) is 0 Å². The monoisotopic (exact) mass is 576 g/mol. The van der Waals surface area contributed by atoms with E-state index >= 15 is 0 Å². The Hall–Kier alpha value is 20.1. The third-order valence-corrected chi connectivity index (χ3v) is 0. The van der Waals surface area contributed by atoms with E-state index in [0.29, 0.717) is 0 Å². The molecule has 0 saturated carbocycles. The molecule has 25 heteroatoms. The zero-order valence-electron chi connectivity index (χ0n) is 2.29. The molecule has 0 aromatic carbocycles. The summed E-state index contributed by atoms with van der Waals surface area (Å²) < 4.78 is 0. The minimum absolute atomic E-state index is 0. The Morgan fingerprint density at radius 2 is 0.200 bits per heavy atom. The van der Waals surface area contributed by atoms with Crippen molar-refractivity contribution < 1.29 is 19.2 Å². The average molecular weight is 576 g/mol. The standard InChI is InChI=1S/20Na.H4O4Si.20H/c;;;;;;;;;;;;;;;;;;;;1-5(2,3)4;;;;;;;;;;;;;;;;;;;;/h;;;;;;;;;;;;;;;;;;;;1-4H;;;;;;;;;;;;;;;;;;;;. The molecule has 0 amide bonds. The van der Waals surface area contributed by atoms with E-state index in [9.17, 15) is 0 Å². The molecule has 4 nitrogen and oxygen atoms in total. The second kappa shape index (κ2) is 120. The summed E-state index contributed by atoms with van der Waals surface area (Å²) in [6, 6.07) is 0. The van der Waals surface area contributed by atoms with Crippen molar-refractivity contribution in [3.63, 3.8) is 0 Å². The Bertz CT molecular complexity index is 37.2. The van der Waals surface area contributed by atoms with E-state index < -0.39 is 9.05 Å². The molecular formula is H24Na20O4Si. The number of hydrogen-bond donors (Lipinski definition) is 4. The molecule has 0 bridgehead atoms. The van der Waals surface area contributed by atoms with Gasteiger partial charge in [0.15, 0.2) is 0 Å². The fourth-order valence-electron chi connectivity index (χ4n) is 0. The van der Waals surface area contributed by atoms with Crippen molar-refractivity contribution in [1.29, 1.82) is 0 Å². The van der Waals surface area contributed by atoms with Gasteiger partial charge in [0, 0.05) is 0 Å². The van der Waals surface area contributed by atoms with Crippen LogP contribution in [-0.2, 0) is 0 Å². The van der Waals surface area contributed by atoms with Crippen molar-refractivity contribution in [1.82, 2.24) is 0 Å². The molecule has 0 aliphatic heterocycles. The first kappa shape index (κ1) is 151. The van der Waals surface area contributed by atoms with Crippen molar-refractivity contribution in [2.24, 2.45) is 0 Å². The van der Waals surface area contributed by atoms with Gasteiger partial charge in [-0.2, -0.15) is 0 Å². The Balaban J connectivity index is -0.000000000421. The topological polar surface area (TPSA) is 80.9 Å². The van der Waals surface area contributed by atoms with Gasteiger partial charge in [-0.05, 0) is 0 Å². The van der Waals surface area contributed by atoms with Crippen molar-refractivity contribution >= 4 is 600 Å². The van der Waals surface area contributed by atoms with Crippen LogP contribution in [0.4, 0.5) is 0 Å². The summed E-state index contributed by atoms with van der Waals surface area (Å²) in [6.45, 7) is 0. The quantitative estimate of drug-likeness (QED) is 0.216. The van der Waals surface area contributed by atoms with Crippen molar-refractivity contribution in [3.05, 3.63) is 0 Å². The molecule has 0 aliphatic carbocycles. The zero-order valence-corrected chi connectivity index (χ0v) is 3.29. The van der Waals surface area contributed by atoms with Crippen LogP contribution >= 0.6 is 0 Å². The number of rotatable bonds is 0. The molecular weight excluding hydrogens is 552 g/mol. The van der Waals surface area contributed by atoms with Gasteiger partial charge in [0.1, 0.15) is 0 Å². The van der Waals surface area contributed by atoms with Crippen LogP contribution in [0, 0.1) is 0 Å². The summed E-state index contributed by atoms with van der Waals surface area (Å²) in [7, 11) is -4.61. The second-order valence-corrected chi connectivity index (χ2v) is 1.80. The van der Waals surface area contributed by atoms with Gasteiger partial charge in [0.2, 0.25) is 0 Å². The molecule has 0 heterocycles. The maximum absolute atomic E-state index is 7.33. The molecule has 4 N–H and O–H groups in total. The summed E-state index contributed by atoms with van der Waals surface area (Å²) in [5.41, 5.74) is 0. The van der Waals surface area contributed by atoms with Crippen LogP contribution in [0.25, 0.3) is 0 Å². The van der Waals surface area contributed by atoms with E-state index in [2.05, 4.69) is 0 Å². The molecule has 0 aromatic rings. The summed E-state index contributed by atoms with van der Waals surface area (Å²) >= 11 is 0. The van der Waals surface area contributed by atoms with E-state index in [1.807, 2.05) is 0 Å². The van der Waals surface area contributed by atoms with Gasteiger partial charge in [-0.1, -0.05) is 0 Å². The second-order valence-electron chi connectivity index (χ2n) is 0.600. The molecule has 72 valence electrons. The maximum atomic E-state index is 7.33. The van der Waals surface area contributed by atoms with Crippen LogP contribution in [0.1, 0.15) is 0 Å². The van der Waals surface area contributed by atoms with Gasteiger partial charge in [-0.15, -0.1) is 0 Å². The Labute approximate surface area is 598 Å². The normalized spacial score (nSPS) is 2.40. The minimum atomic E-state index is -4.61. The third kappa shape index (κ3) is 194. The van der Waals surface area contributed by atoms with Crippen LogP contribution < -0.4 is 0 Å². The molecule has 0 radical (unpaired) electrons. The molecule has 0 atom stereocenters. The van der Waals surface area contributed by atoms with E-state index in [0.717, 1.165) is 0 Å². The van der Waals surface area contributed by atoms with E-state index in [1.54, 1.807) is 0 Å². The molecule has 0 saturated heterocycles. The van der Waals surface area contributed by atoms with E-state index in [4.69, 9.17) is 19.2 Å². The van der Waals surface area contributed by atoms with E-state index in [-0.39, 0.29) is 591 Å². The summed E-state index contributed by atoms with van der Waals surface area (Å²) in [4.78, 5) is 29.3. The fourth-order valence-corrected chi connectivity index (χ4v) is 0. The Morgan fingerprint density at radius 1 is 0.200 bits per heavy atom. The van der Waals surface area contributed by atoms with Gasteiger partial charge in [-0.3, -0.25) is 0 Å². The van der Waals surface area contributed by atoms with Gasteiger partial charge < -0.3 is 19.2 Å². The molecule has 0 rings (SSSR count). The van der Waals surface area contributed by atoms with Crippen LogP contribution in [0.2, 0.25) is 0 Å². The van der Waals surface area contributed by atoms with Crippen molar-refractivity contribution in [2.45, 2.75) is 0 Å². The van der Waals surface area contributed by atoms with Crippen molar-refractivity contribution in [2.75, 3.05) is 0 Å². The van der Waals surface area contributed by atoms with Gasteiger partial charge in [-0.25, -0.2) is 0 Å². The van der Waals surface area contributed by atoms with Crippen LogP contribution in [-0.4, -0.2) is 619 Å². The summed E-state index contributed by atoms with van der Waals surface area (Å²) in [5.74, 6) is 0. The molecule has 0 aliphatic rings. The molecule has 0 spiro atoms. The Kier molecular flexibility index (Phi) is 727. The Morgan fingerprint density at radius 3 is 0.200 bits per heavy atom. The molecule has 0 aromatic heterocycles. The molecule has 0 fully saturated rings. The molecule has 0 unspecified atom stereocenters. The van der Waals surface area contributed by atoms with Gasteiger partial charge >= 0.3 is 600 Å². The fraction of sp³-hybridized carbons (Fsp3) is 0. The summed E-state index contributed by atoms with van der Waals surface area (Å²) in [5, 5.41) is 0. The first-order valence-electron chi connectivity index (χ1n) is 0.894. The van der Waals surface area contributed by atoms with Crippen LogP contribution in [0.3, 0.4) is 0 Å². The van der Waals surface area contributed by atoms with E-state index in [1.165, 1.54) is 0 Å². The average Bonchev–Trinajstić information content (AvgIpc) is 0.722. The third-order valence-electron chi connectivity index (χ3n) is 0. The predicted molar refractivity (Wildman–Crippen MR) is 158 cm³/mol. The van der Waals surface area contributed by atoms with Crippen LogP contribution in [0.15, 0.2) is 0 Å². The predicted octanol–water partition coefficient (Wildman–Crippen LogP) is -15.6. The van der Waals surface area contributed by atoms with Crippen molar-refractivity contribution in [3.8, 4) is 0 Å². The first-order chi connectivity index (χ1) is 2.00. The summed E-state index contributed by atoms with van der Waals surface area (Å²) in [6.07, 6.45) is 0. The zero-order chi connectivity index (χ0) is 4.50. The van der Waals surface area contributed by atoms with Gasteiger partial charge in [0.25, 0.3) is 0 Å².